The van der Waals surface area contributed by atoms with E-state index in [1.54, 1.807) is 14.2 Å². The number of hydrogen-bond donors (Lipinski definition) is 2. The van der Waals surface area contributed by atoms with E-state index < -0.39 is 0 Å². The average Bonchev–Trinajstić information content (AvgIpc) is 2.77. The van der Waals surface area contributed by atoms with Crippen molar-refractivity contribution in [1.82, 2.24) is 10.6 Å². The van der Waals surface area contributed by atoms with E-state index in [1.165, 1.54) is 5.56 Å². The van der Waals surface area contributed by atoms with Gasteiger partial charge in [0.05, 0.1) is 7.11 Å². The maximum Gasteiger partial charge on any atom is 0.191 e. The number of aliphatic imine (C=N–C) groups is 1. The fourth-order valence-electron chi connectivity index (χ4n) is 3.84. The lowest BCUT2D eigenvalue weighted by molar-refractivity contribution is 0.0505. The monoisotopic (exact) mass is 543 g/mol. The van der Waals surface area contributed by atoms with Gasteiger partial charge in [-0.2, -0.15) is 0 Å². The first kappa shape index (κ1) is 24.8. The summed E-state index contributed by atoms with van der Waals surface area (Å²) in [5.74, 6) is 1.66. The first-order valence-electron chi connectivity index (χ1n) is 10.1. The number of nitrogens with zero attached hydrogens (tertiary/aromatic N) is 1. The molecule has 5 nitrogen and oxygen atoms in total. The van der Waals surface area contributed by atoms with Gasteiger partial charge in [0.1, 0.15) is 5.75 Å². The molecule has 0 unspecified atom stereocenters. The van der Waals surface area contributed by atoms with Crippen molar-refractivity contribution >= 4 is 41.5 Å². The van der Waals surface area contributed by atoms with Crippen molar-refractivity contribution < 1.29 is 9.47 Å². The molecule has 0 spiro atoms. The Bertz CT molecular complexity index is 811. The van der Waals surface area contributed by atoms with Crippen LogP contribution in [0.25, 0.3) is 0 Å². The molecule has 0 atom stereocenters. The van der Waals surface area contributed by atoms with Crippen LogP contribution in [-0.4, -0.2) is 46.4 Å². The predicted octanol–water partition coefficient (Wildman–Crippen LogP) is 4.42. The highest BCUT2D eigenvalue weighted by Gasteiger charge is 2.37. The van der Waals surface area contributed by atoms with Crippen molar-refractivity contribution in [1.29, 1.82) is 0 Å². The van der Waals surface area contributed by atoms with E-state index in [0.717, 1.165) is 67.9 Å². The van der Waals surface area contributed by atoms with E-state index >= 15 is 0 Å². The number of halogens is 2. The van der Waals surface area contributed by atoms with Crippen LogP contribution in [0.3, 0.4) is 0 Å². The van der Waals surface area contributed by atoms with E-state index in [0.29, 0.717) is 0 Å². The zero-order valence-electron chi connectivity index (χ0n) is 17.6. The lowest BCUT2D eigenvalue weighted by Crippen LogP contribution is -2.48. The van der Waals surface area contributed by atoms with Gasteiger partial charge in [-0.15, -0.1) is 24.0 Å². The van der Waals surface area contributed by atoms with Gasteiger partial charge < -0.3 is 20.1 Å². The van der Waals surface area contributed by atoms with E-state index in [9.17, 15) is 0 Å². The van der Waals surface area contributed by atoms with E-state index in [4.69, 9.17) is 21.1 Å². The average molecular weight is 544 g/mol. The fourth-order valence-corrected chi connectivity index (χ4v) is 4.01. The fraction of sp³-hybridized carbons (Fsp3) is 0.435. The Morgan fingerprint density at radius 3 is 2.53 bits per heavy atom. The molecule has 3 rings (SSSR count). The summed E-state index contributed by atoms with van der Waals surface area (Å²) >= 11 is 6.33. The molecule has 1 aliphatic heterocycles. The minimum absolute atomic E-state index is 0. The van der Waals surface area contributed by atoms with Crippen molar-refractivity contribution in [3.63, 3.8) is 0 Å². The zero-order valence-corrected chi connectivity index (χ0v) is 20.7. The topological polar surface area (TPSA) is 54.9 Å². The molecule has 0 aromatic heterocycles. The van der Waals surface area contributed by atoms with Crippen LogP contribution < -0.4 is 15.4 Å². The highest BCUT2D eigenvalue weighted by Crippen LogP contribution is 2.40. The lowest BCUT2D eigenvalue weighted by atomic mass is 9.73. The van der Waals surface area contributed by atoms with Crippen LogP contribution in [0.2, 0.25) is 5.02 Å². The summed E-state index contributed by atoms with van der Waals surface area (Å²) in [5.41, 5.74) is 2.31. The molecule has 7 heteroatoms. The van der Waals surface area contributed by atoms with Crippen LogP contribution in [0.4, 0.5) is 0 Å². The summed E-state index contributed by atoms with van der Waals surface area (Å²) in [6, 6.07) is 16.3. The third kappa shape index (κ3) is 6.49. The second kappa shape index (κ2) is 12.4. The van der Waals surface area contributed by atoms with Gasteiger partial charge >= 0.3 is 0 Å². The highest BCUT2D eigenvalue weighted by molar-refractivity contribution is 14.0. The largest absolute Gasteiger partial charge is 0.496 e. The van der Waals surface area contributed by atoms with Crippen LogP contribution in [0.15, 0.2) is 53.5 Å². The highest BCUT2D eigenvalue weighted by atomic mass is 127. The van der Waals surface area contributed by atoms with Crippen molar-refractivity contribution in [2.45, 2.75) is 24.7 Å². The van der Waals surface area contributed by atoms with Gasteiger partial charge in [0.2, 0.25) is 0 Å². The Morgan fingerprint density at radius 2 is 1.87 bits per heavy atom. The maximum atomic E-state index is 6.33. The number of hydrogen-bond acceptors (Lipinski definition) is 3. The van der Waals surface area contributed by atoms with Crippen LogP contribution >= 0.6 is 35.6 Å². The summed E-state index contributed by atoms with van der Waals surface area (Å²) in [4.78, 5) is 4.39. The van der Waals surface area contributed by atoms with E-state index in [1.807, 2.05) is 24.3 Å². The van der Waals surface area contributed by atoms with Crippen LogP contribution in [0.1, 0.15) is 24.0 Å². The zero-order chi connectivity index (χ0) is 20.5. The van der Waals surface area contributed by atoms with Crippen molar-refractivity contribution in [3.05, 3.63) is 64.7 Å². The molecule has 164 valence electrons. The molecule has 0 aliphatic carbocycles. The molecule has 0 saturated carbocycles. The maximum absolute atomic E-state index is 6.33. The molecule has 2 N–H and O–H groups in total. The summed E-state index contributed by atoms with van der Waals surface area (Å²) in [7, 11) is 3.51. The summed E-state index contributed by atoms with van der Waals surface area (Å²) in [6.07, 6.45) is 2.75. The third-order valence-electron chi connectivity index (χ3n) is 5.55. The van der Waals surface area contributed by atoms with Gasteiger partial charge in [-0.05, 0) is 43.0 Å². The summed E-state index contributed by atoms with van der Waals surface area (Å²) in [6.45, 7) is 2.99. The van der Waals surface area contributed by atoms with Gasteiger partial charge in [-0.1, -0.05) is 41.9 Å². The molecule has 1 saturated heterocycles. The molecule has 30 heavy (non-hydrogen) atoms. The predicted molar refractivity (Wildman–Crippen MR) is 135 cm³/mol. The molecule has 2 aromatic rings. The standard InChI is InChI=1S/C23H30ClN3O2.HI/c1-25-22(26-13-10-18-6-4-3-5-7-18)27-17-23(11-14-29-15-12-23)20-16-19(24)8-9-21(20)28-2;/h3-9,16H,10-15,17H2,1-2H3,(H2,25,26,27);1H. The minimum Gasteiger partial charge on any atom is -0.496 e. The lowest BCUT2D eigenvalue weighted by Gasteiger charge is -2.39. The molecule has 0 amide bonds. The number of benzene rings is 2. The second-order valence-corrected chi connectivity index (χ2v) is 7.76. The van der Waals surface area contributed by atoms with Crippen LogP contribution in [0, 0.1) is 0 Å². The normalized spacial score (nSPS) is 15.8. The Balaban J connectivity index is 0.00000320. The number of methoxy groups -OCH3 is 1. The molecule has 1 fully saturated rings. The van der Waals surface area contributed by atoms with E-state index in [2.05, 4.69) is 39.9 Å². The first-order valence-corrected chi connectivity index (χ1v) is 10.4. The Kier molecular flexibility index (Phi) is 10.2. The van der Waals surface area contributed by atoms with Crippen molar-refractivity contribution in [2.75, 3.05) is 40.5 Å². The van der Waals surface area contributed by atoms with Gasteiger partial charge in [0, 0.05) is 49.4 Å². The summed E-state index contributed by atoms with van der Waals surface area (Å²) in [5, 5.41) is 7.66. The Hall–Kier alpha value is -1.51. The van der Waals surface area contributed by atoms with Crippen LogP contribution in [0.5, 0.6) is 5.75 Å². The minimum atomic E-state index is -0.120. The number of guanidine groups is 1. The number of nitrogens with one attached hydrogen (secondary N) is 2. The SMILES string of the molecule is CN=C(NCCc1ccccc1)NCC1(c2cc(Cl)ccc2OC)CCOCC1.I. The first-order chi connectivity index (χ1) is 14.2. The quantitative estimate of drug-likeness (QED) is 0.308. The van der Waals surface area contributed by atoms with Crippen molar-refractivity contribution in [3.8, 4) is 5.75 Å². The molecular weight excluding hydrogens is 513 g/mol. The molecule has 1 aliphatic rings. The smallest absolute Gasteiger partial charge is 0.191 e. The molecule has 0 bridgehead atoms. The summed E-state index contributed by atoms with van der Waals surface area (Å²) < 4.78 is 11.3. The molecule has 2 aromatic carbocycles. The Labute approximate surface area is 201 Å². The van der Waals surface area contributed by atoms with Gasteiger partial charge in [-0.25, -0.2) is 0 Å². The van der Waals surface area contributed by atoms with E-state index in [-0.39, 0.29) is 29.4 Å². The van der Waals surface area contributed by atoms with Crippen molar-refractivity contribution in [2.24, 2.45) is 4.99 Å². The molecule has 1 heterocycles. The third-order valence-corrected chi connectivity index (χ3v) is 5.78. The van der Waals surface area contributed by atoms with Crippen LogP contribution in [-0.2, 0) is 16.6 Å². The Morgan fingerprint density at radius 1 is 1.13 bits per heavy atom. The number of ether oxygens (including phenoxy) is 2. The van der Waals surface area contributed by atoms with Gasteiger partial charge in [-0.3, -0.25) is 4.99 Å². The molecular formula is C23H31ClIN3O2. The second-order valence-electron chi connectivity index (χ2n) is 7.33. The molecule has 0 radical (unpaired) electrons. The number of rotatable bonds is 7. The van der Waals surface area contributed by atoms with Gasteiger partial charge in [0.15, 0.2) is 5.96 Å². The van der Waals surface area contributed by atoms with Gasteiger partial charge in [0.25, 0.3) is 0 Å².